The van der Waals surface area contributed by atoms with E-state index in [0.717, 1.165) is 6.42 Å². The Bertz CT molecular complexity index is 323. The van der Waals surface area contributed by atoms with E-state index in [0.29, 0.717) is 18.4 Å². The average Bonchev–Trinajstić information content (AvgIpc) is 2.88. The van der Waals surface area contributed by atoms with E-state index in [1.54, 1.807) is 0 Å². The molecule has 0 bridgehead atoms. The van der Waals surface area contributed by atoms with Crippen molar-refractivity contribution in [3.63, 3.8) is 0 Å². The molecule has 0 aliphatic heterocycles. The number of amides is 2. The summed E-state index contributed by atoms with van der Waals surface area (Å²) in [6.45, 7) is 8.60. The van der Waals surface area contributed by atoms with Crippen molar-refractivity contribution in [3.05, 3.63) is 0 Å². The minimum atomic E-state index is -0.897. The van der Waals surface area contributed by atoms with Crippen LogP contribution in [0.15, 0.2) is 0 Å². The normalized spacial score (nSPS) is 24.2. The molecule has 3 unspecified atom stereocenters. The lowest BCUT2D eigenvalue weighted by atomic mass is 9.85. The molecule has 0 radical (unpaired) electrons. The third-order valence-electron chi connectivity index (χ3n) is 3.53. The van der Waals surface area contributed by atoms with Crippen LogP contribution in [0.3, 0.4) is 0 Å². The van der Waals surface area contributed by atoms with Gasteiger partial charge in [-0.1, -0.05) is 27.7 Å². The SMILES string of the molecule is CC1CC1CNC(=O)NC(CC(=O)O)C(C)(C)C. The summed E-state index contributed by atoms with van der Waals surface area (Å²) >= 11 is 0. The van der Waals surface area contributed by atoms with E-state index in [2.05, 4.69) is 17.6 Å². The molecule has 0 aromatic rings. The molecule has 0 aromatic heterocycles. The molecule has 18 heavy (non-hydrogen) atoms. The van der Waals surface area contributed by atoms with Crippen LogP contribution in [0.4, 0.5) is 4.79 Å². The van der Waals surface area contributed by atoms with Crippen LogP contribution in [0.25, 0.3) is 0 Å². The first kappa shape index (κ1) is 14.8. The van der Waals surface area contributed by atoms with Crippen molar-refractivity contribution >= 4 is 12.0 Å². The molecule has 1 aliphatic carbocycles. The third kappa shape index (κ3) is 4.94. The number of hydrogen-bond donors (Lipinski definition) is 3. The standard InChI is InChI=1S/C13H24N2O3/c1-8-5-9(8)7-14-12(18)15-10(6-11(16)17)13(2,3)4/h8-10H,5-7H2,1-4H3,(H,16,17)(H2,14,15,18). The molecule has 1 saturated carbocycles. The van der Waals surface area contributed by atoms with Gasteiger partial charge in [0.1, 0.15) is 0 Å². The van der Waals surface area contributed by atoms with Gasteiger partial charge in [-0.05, 0) is 23.7 Å². The first-order chi connectivity index (χ1) is 8.20. The summed E-state index contributed by atoms with van der Waals surface area (Å²) in [6, 6.07) is -0.637. The van der Waals surface area contributed by atoms with Gasteiger partial charge in [-0.2, -0.15) is 0 Å². The van der Waals surface area contributed by atoms with Crippen LogP contribution < -0.4 is 10.6 Å². The van der Waals surface area contributed by atoms with Crippen LogP contribution in [0.1, 0.15) is 40.5 Å². The lowest BCUT2D eigenvalue weighted by Crippen LogP contribution is -2.49. The first-order valence-corrected chi connectivity index (χ1v) is 6.46. The molecule has 0 heterocycles. The number of aliphatic carboxylic acids is 1. The highest BCUT2D eigenvalue weighted by Crippen LogP contribution is 2.36. The first-order valence-electron chi connectivity index (χ1n) is 6.46. The number of hydrogen-bond acceptors (Lipinski definition) is 2. The van der Waals surface area contributed by atoms with Crippen molar-refractivity contribution in [2.75, 3.05) is 6.54 Å². The lowest BCUT2D eigenvalue weighted by Gasteiger charge is -2.30. The van der Waals surface area contributed by atoms with Crippen molar-refractivity contribution in [2.45, 2.75) is 46.6 Å². The van der Waals surface area contributed by atoms with Crippen molar-refractivity contribution in [3.8, 4) is 0 Å². The Morgan fingerprint density at radius 3 is 2.33 bits per heavy atom. The fraction of sp³-hybridized carbons (Fsp3) is 0.846. The predicted molar refractivity (Wildman–Crippen MR) is 69.3 cm³/mol. The molecule has 5 heteroatoms. The van der Waals surface area contributed by atoms with Crippen LogP contribution in [0.2, 0.25) is 0 Å². The number of carbonyl (C=O) groups is 2. The maximum atomic E-state index is 11.7. The molecular formula is C13H24N2O3. The summed E-state index contributed by atoms with van der Waals surface area (Å²) in [5, 5.41) is 14.4. The van der Waals surface area contributed by atoms with E-state index in [-0.39, 0.29) is 23.9 Å². The van der Waals surface area contributed by atoms with Crippen LogP contribution in [0, 0.1) is 17.3 Å². The Balaban J connectivity index is 2.39. The van der Waals surface area contributed by atoms with Gasteiger partial charge in [0.2, 0.25) is 0 Å². The summed E-state index contributed by atoms with van der Waals surface area (Å²) in [4.78, 5) is 22.5. The van der Waals surface area contributed by atoms with Gasteiger partial charge in [-0.3, -0.25) is 4.79 Å². The number of nitrogens with one attached hydrogen (secondary N) is 2. The number of rotatable bonds is 5. The molecule has 2 amide bonds. The van der Waals surface area contributed by atoms with E-state index in [1.807, 2.05) is 20.8 Å². The van der Waals surface area contributed by atoms with Crippen LogP contribution in [-0.4, -0.2) is 29.7 Å². The van der Waals surface area contributed by atoms with Gasteiger partial charge in [0, 0.05) is 12.6 Å². The minimum Gasteiger partial charge on any atom is -0.481 e. The molecular weight excluding hydrogens is 232 g/mol. The summed E-state index contributed by atoms with van der Waals surface area (Å²) in [5.41, 5.74) is -0.275. The van der Waals surface area contributed by atoms with E-state index >= 15 is 0 Å². The second kappa shape index (κ2) is 5.59. The van der Waals surface area contributed by atoms with Crippen molar-refractivity contribution in [1.29, 1.82) is 0 Å². The Morgan fingerprint density at radius 1 is 1.39 bits per heavy atom. The molecule has 3 N–H and O–H groups in total. The van der Waals surface area contributed by atoms with Gasteiger partial charge in [-0.15, -0.1) is 0 Å². The van der Waals surface area contributed by atoms with Crippen molar-refractivity contribution < 1.29 is 14.7 Å². The molecule has 0 saturated heterocycles. The topological polar surface area (TPSA) is 78.4 Å². The third-order valence-corrected chi connectivity index (χ3v) is 3.53. The van der Waals surface area contributed by atoms with Crippen LogP contribution >= 0.6 is 0 Å². The largest absolute Gasteiger partial charge is 0.481 e. The van der Waals surface area contributed by atoms with Gasteiger partial charge >= 0.3 is 12.0 Å². The predicted octanol–water partition coefficient (Wildman–Crippen LogP) is 1.83. The van der Waals surface area contributed by atoms with Gasteiger partial charge in [-0.25, -0.2) is 4.79 Å². The monoisotopic (exact) mass is 256 g/mol. The summed E-state index contributed by atoms with van der Waals surface area (Å²) in [7, 11) is 0. The lowest BCUT2D eigenvalue weighted by molar-refractivity contribution is -0.138. The molecule has 5 nitrogen and oxygen atoms in total. The average molecular weight is 256 g/mol. The Morgan fingerprint density at radius 2 is 1.94 bits per heavy atom. The highest BCUT2D eigenvalue weighted by molar-refractivity contribution is 5.75. The smallest absolute Gasteiger partial charge is 0.315 e. The summed E-state index contributed by atoms with van der Waals surface area (Å²) in [6.07, 6.45) is 1.11. The van der Waals surface area contributed by atoms with Gasteiger partial charge in [0.15, 0.2) is 0 Å². The maximum Gasteiger partial charge on any atom is 0.315 e. The minimum absolute atomic E-state index is 0.0588. The zero-order chi connectivity index (χ0) is 13.9. The van der Waals surface area contributed by atoms with E-state index in [4.69, 9.17) is 5.11 Å². The maximum absolute atomic E-state index is 11.7. The van der Waals surface area contributed by atoms with Crippen LogP contribution in [0.5, 0.6) is 0 Å². The number of carboxylic acids is 1. The Kier molecular flexibility index (Phi) is 4.59. The zero-order valence-electron chi connectivity index (χ0n) is 11.6. The van der Waals surface area contributed by atoms with Gasteiger partial charge in [0.05, 0.1) is 6.42 Å². The van der Waals surface area contributed by atoms with Crippen LogP contribution in [-0.2, 0) is 4.79 Å². The van der Waals surface area contributed by atoms with E-state index in [9.17, 15) is 9.59 Å². The summed E-state index contributed by atoms with van der Waals surface area (Å²) in [5.74, 6) is 0.386. The highest BCUT2D eigenvalue weighted by atomic mass is 16.4. The van der Waals surface area contributed by atoms with Crippen molar-refractivity contribution in [2.24, 2.45) is 17.3 Å². The molecule has 104 valence electrons. The highest BCUT2D eigenvalue weighted by Gasteiger charge is 2.33. The second-order valence-corrected chi connectivity index (χ2v) is 6.34. The quantitative estimate of drug-likeness (QED) is 0.702. The molecule has 1 rings (SSSR count). The fourth-order valence-electron chi connectivity index (χ4n) is 1.86. The van der Waals surface area contributed by atoms with E-state index < -0.39 is 5.97 Å². The molecule has 1 fully saturated rings. The van der Waals surface area contributed by atoms with Gasteiger partial charge < -0.3 is 15.7 Å². The number of carboxylic acid groups (broad SMARTS) is 1. The second-order valence-electron chi connectivity index (χ2n) is 6.34. The molecule has 1 aliphatic rings. The van der Waals surface area contributed by atoms with E-state index in [1.165, 1.54) is 0 Å². The Labute approximate surface area is 108 Å². The molecule has 3 atom stereocenters. The fourth-order valence-corrected chi connectivity index (χ4v) is 1.86. The van der Waals surface area contributed by atoms with Gasteiger partial charge in [0.25, 0.3) is 0 Å². The molecule has 0 aromatic carbocycles. The number of urea groups is 1. The van der Waals surface area contributed by atoms with Crippen molar-refractivity contribution in [1.82, 2.24) is 10.6 Å². The summed E-state index contributed by atoms with van der Waals surface area (Å²) < 4.78 is 0. The zero-order valence-corrected chi connectivity index (χ0v) is 11.6. The number of carbonyl (C=O) groups excluding carboxylic acids is 1. The molecule has 0 spiro atoms. The Hall–Kier alpha value is -1.26.